The highest BCUT2D eigenvalue weighted by Gasteiger charge is 2.28. The highest BCUT2D eigenvalue weighted by molar-refractivity contribution is 5.79. The maximum Gasteiger partial charge on any atom is 0.236 e. The van der Waals surface area contributed by atoms with Crippen LogP contribution in [0, 0.1) is 11.8 Å². The van der Waals surface area contributed by atoms with Crippen molar-refractivity contribution in [1.82, 2.24) is 24.5 Å². The van der Waals surface area contributed by atoms with Gasteiger partial charge in [-0.1, -0.05) is 32.0 Å². The van der Waals surface area contributed by atoms with E-state index in [-0.39, 0.29) is 11.8 Å². The predicted molar refractivity (Wildman–Crippen MR) is 124 cm³/mol. The molecular formula is C25H35N5O2. The number of likely N-dealkylation sites (tertiary alicyclic amines) is 1. The molecule has 1 aromatic carbocycles. The number of rotatable bonds is 6. The number of piperidine rings is 1. The second kappa shape index (κ2) is 10.3. The molecule has 0 aliphatic carbocycles. The molecule has 32 heavy (non-hydrogen) atoms. The van der Waals surface area contributed by atoms with E-state index in [2.05, 4.69) is 23.8 Å². The Hall–Kier alpha value is -2.67. The zero-order chi connectivity index (χ0) is 22.5. The lowest BCUT2D eigenvalue weighted by molar-refractivity contribution is -0.136. The molecule has 2 fully saturated rings. The molecule has 172 valence electrons. The molecule has 3 heterocycles. The van der Waals surface area contributed by atoms with Crippen molar-refractivity contribution in [3.63, 3.8) is 0 Å². The normalized spacial score (nSPS) is 22.2. The van der Waals surface area contributed by atoms with Crippen LogP contribution in [0.2, 0.25) is 0 Å². The van der Waals surface area contributed by atoms with E-state index in [9.17, 15) is 9.59 Å². The van der Waals surface area contributed by atoms with Gasteiger partial charge in [0.15, 0.2) is 0 Å². The molecule has 4 rings (SSSR count). The van der Waals surface area contributed by atoms with E-state index in [1.165, 1.54) is 6.42 Å². The minimum Gasteiger partial charge on any atom is -0.341 e. The average molecular weight is 438 g/mol. The van der Waals surface area contributed by atoms with Crippen LogP contribution in [0.1, 0.15) is 32.3 Å². The Labute approximate surface area is 191 Å². The summed E-state index contributed by atoms with van der Waals surface area (Å²) in [7, 11) is 0. The van der Waals surface area contributed by atoms with Crippen molar-refractivity contribution in [2.24, 2.45) is 11.8 Å². The van der Waals surface area contributed by atoms with Crippen LogP contribution in [0.5, 0.6) is 0 Å². The van der Waals surface area contributed by atoms with E-state index in [1.54, 1.807) is 0 Å². The zero-order valence-corrected chi connectivity index (χ0v) is 19.3. The fraction of sp³-hybridized carbons (Fsp3) is 0.560. The van der Waals surface area contributed by atoms with Crippen LogP contribution in [0.15, 0.2) is 42.7 Å². The quantitative estimate of drug-likeness (QED) is 0.697. The highest BCUT2D eigenvalue weighted by Crippen LogP contribution is 2.21. The third-order valence-corrected chi connectivity index (χ3v) is 6.59. The molecule has 1 aromatic heterocycles. The van der Waals surface area contributed by atoms with Crippen molar-refractivity contribution in [3.8, 4) is 5.69 Å². The average Bonchev–Trinajstić information content (AvgIpc) is 3.27. The third-order valence-electron chi connectivity index (χ3n) is 6.59. The van der Waals surface area contributed by atoms with Gasteiger partial charge in [-0.25, -0.2) is 4.68 Å². The molecule has 2 saturated heterocycles. The molecule has 2 atom stereocenters. The predicted octanol–water partition coefficient (Wildman–Crippen LogP) is 2.45. The van der Waals surface area contributed by atoms with Gasteiger partial charge in [0, 0.05) is 51.9 Å². The maximum absolute atomic E-state index is 12.7. The lowest BCUT2D eigenvalue weighted by Gasteiger charge is -2.38. The van der Waals surface area contributed by atoms with Crippen LogP contribution in [0.4, 0.5) is 0 Å². The van der Waals surface area contributed by atoms with Crippen molar-refractivity contribution in [2.45, 2.75) is 33.1 Å². The molecule has 2 aliphatic heterocycles. The van der Waals surface area contributed by atoms with Crippen molar-refractivity contribution >= 4 is 11.8 Å². The molecule has 2 aliphatic rings. The number of aryl methyl sites for hydroxylation is 1. The van der Waals surface area contributed by atoms with Crippen LogP contribution >= 0.6 is 0 Å². The molecule has 2 amide bonds. The Kier molecular flexibility index (Phi) is 7.25. The van der Waals surface area contributed by atoms with E-state index >= 15 is 0 Å². The summed E-state index contributed by atoms with van der Waals surface area (Å²) >= 11 is 0. The second-order valence-corrected chi connectivity index (χ2v) is 9.53. The minimum atomic E-state index is 0.183. The molecular weight excluding hydrogens is 402 g/mol. The summed E-state index contributed by atoms with van der Waals surface area (Å²) in [6.07, 6.45) is 6.22. The van der Waals surface area contributed by atoms with E-state index in [4.69, 9.17) is 0 Å². The summed E-state index contributed by atoms with van der Waals surface area (Å²) < 4.78 is 1.85. The number of carbonyl (C=O) groups is 2. The van der Waals surface area contributed by atoms with Gasteiger partial charge in [0.25, 0.3) is 0 Å². The number of nitrogens with zero attached hydrogens (tertiary/aromatic N) is 5. The summed E-state index contributed by atoms with van der Waals surface area (Å²) in [5, 5.41) is 4.41. The molecule has 0 N–H and O–H groups in total. The number of carbonyl (C=O) groups excluding carboxylic acids is 2. The highest BCUT2D eigenvalue weighted by atomic mass is 16.2. The summed E-state index contributed by atoms with van der Waals surface area (Å²) in [6, 6.07) is 9.98. The van der Waals surface area contributed by atoms with Crippen molar-refractivity contribution in [2.75, 3.05) is 45.8 Å². The Bertz CT molecular complexity index is 894. The number of aromatic nitrogens is 2. The smallest absolute Gasteiger partial charge is 0.236 e. The number of hydrogen-bond donors (Lipinski definition) is 0. The Balaban J connectivity index is 1.19. The van der Waals surface area contributed by atoms with Gasteiger partial charge in [0.1, 0.15) is 0 Å². The van der Waals surface area contributed by atoms with E-state index in [0.29, 0.717) is 44.3 Å². The lowest BCUT2D eigenvalue weighted by Crippen LogP contribution is -2.53. The van der Waals surface area contributed by atoms with Crippen LogP contribution in [0.3, 0.4) is 0 Å². The first-order chi connectivity index (χ1) is 15.5. The van der Waals surface area contributed by atoms with Crippen LogP contribution in [-0.2, 0) is 16.0 Å². The summed E-state index contributed by atoms with van der Waals surface area (Å²) in [6.45, 7) is 9.61. The van der Waals surface area contributed by atoms with Gasteiger partial charge in [-0.2, -0.15) is 5.10 Å². The molecule has 0 spiro atoms. The second-order valence-electron chi connectivity index (χ2n) is 9.53. The molecule has 2 unspecified atom stereocenters. The topological polar surface area (TPSA) is 61.7 Å². The fourth-order valence-corrected chi connectivity index (χ4v) is 4.93. The maximum atomic E-state index is 12.7. The van der Waals surface area contributed by atoms with Crippen LogP contribution in [0.25, 0.3) is 5.69 Å². The van der Waals surface area contributed by atoms with E-state index in [0.717, 1.165) is 37.4 Å². The molecule has 0 radical (unpaired) electrons. The summed E-state index contributed by atoms with van der Waals surface area (Å²) in [4.78, 5) is 31.6. The van der Waals surface area contributed by atoms with Gasteiger partial charge in [-0.15, -0.1) is 0 Å². The third kappa shape index (κ3) is 5.76. The van der Waals surface area contributed by atoms with Gasteiger partial charge >= 0.3 is 0 Å². The lowest BCUT2D eigenvalue weighted by atomic mass is 9.92. The summed E-state index contributed by atoms with van der Waals surface area (Å²) in [5.74, 6) is 1.58. The summed E-state index contributed by atoms with van der Waals surface area (Å²) in [5.41, 5.74) is 2.08. The van der Waals surface area contributed by atoms with E-state index in [1.807, 2.05) is 57.2 Å². The number of benzene rings is 1. The van der Waals surface area contributed by atoms with Gasteiger partial charge in [-0.3, -0.25) is 14.5 Å². The Morgan fingerprint density at radius 3 is 2.31 bits per heavy atom. The van der Waals surface area contributed by atoms with Crippen molar-refractivity contribution < 1.29 is 9.59 Å². The first kappa shape index (κ1) is 22.5. The number of piperazine rings is 1. The molecule has 7 nitrogen and oxygen atoms in total. The number of hydrogen-bond acceptors (Lipinski definition) is 4. The van der Waals surface area contributed by atoms with Gasteiger partial charge in [0.2, 0.25) is 11.8 Å². The monoisotopic (exact) mass is 437 g/mol. The van der Waals surface area contributed by atoms with Crippen molar-refractivity contribution in [3.05, 3.63) is 48.3 Å². The minimum absolute atomic E-state index is 0.183. The zero-order valence-electron chi connectivity index (χ0n) is 19.3. The number of amides is 2. The van der Waals surface area contributed by atoms with Gasteiger partial charge < -0.3 is 9.80 Å². The standard InChI is InChI=1S/C25H35N5O2/c1-20-14-21(2)17-29(16-20)25(32)19-27-10-12-28(13-11-27)24(31)9-8-22-15-26-30(18-22)23-6-4-3-5-7-23/h3-7,15,18,20-21H,8-14,16-17,19H2,1-2H3. The van der Waals surface area contributed by atoms with Crippen molar-refractivity contribution in [1.29, 1.82) is 0 Å². The largest absolute Gasteiger partial charge is 0.341 e. The Morgan fingerprint density at radius 2 is 1.62 bits per heavy atom. The first-order valence-electron chi connectivity index (χ1n) is 11.8. The Morgan fingerprint density at radius 1 is 0.938 bits per heavy atom. The fourth-order valence-electron chi connectivity index (χ4n) is 4.93. The molecule has 7 heteroatoms. The number of para-hydroxylation sites is 1. The molecule has 0 saturated carbocycles. The van der Waals surface area contributed by atoms with Gasteiger partial charge in [0.05, 0.1) is 18.4 Å². The molecule has 0 bridgehead atoms. The van der Waals surface area contributed by atoms with E-state index < -0.39 is 0 Å². The van der Waals surface area contributed by atoms with Crippen LogP contribution < -0.4 is 0 Å². The first-order valence-corrected chi connectivity index (χ1v) is 11.8. The molecule has 2 aromatic rings. The SMILES string of the molecule is CC1CC(C)CN(C(=O)CN2CCN(C(=O)CCc3cnn(-c4ccccc4)c3)CC2)C1. The van der Waals surface area contributed by atoms with Gasteiger partial charge in [-0.05, 0) is 42.4 Å². The van der Waals surface area contributed by atoms with Crippen LogP contribution in [-0.4, -0.2) is 82.1 Å².